The fraction of sp³-hybridized carbons (Fsp3) is 0.125. The van der Waals surface area contributed by atoms with Crippen molar-refractivity contribution in [3.63, 3.8) is 0 Å². The molecule has 0 radical (unpaired) electrons. The zero-order valence-electron chi connectivity index (χ0n) is 11.2. The maximum Gasteiger partial charge on any atom is 0.225 e. The molecule has 0 heterocycles. The molecule has 0 aliphatic heterocycles. The van der Waals surface area contributed by atoms with E-state index in [4.69, 9.17) is 5.26 Å². The lowest BCUT2D eigenvalue weighted by Crippen LogP contribution is -2.12. The number of benzene rings is 2. The summed E-state index contributed by atoms with van der Waals surface area (Å²) in [5, 5.41) is 11.5. The average molecular weight is 361 g/mol. The lowest BCUT2D eigenvalue weighted by atomic mass is 10.2. The first-order chi connectivity index (χ1) is 10.2. The Labute approximate surface area is 136 Å². The van der Waals surface area contributed by atoms with Crippen molar-refractivity contribution in [2.75, 3.05) is 11.1 Å². The predicted molar refractivity (Wildman–Crippen MR) is 89.3 cm³/mol. The van der Waals surface area contributed by atoms with Gasteiger partial charge in [-0.2, -0.15) is 5.26 Å². The summed E-state index contributed by atoms with van der Waals surface area (Å²) in [6.45, 7) is 0. The van der Waals surface area contributed by atoms with E-state index in [9.17, 15) is 4.79 Å². The summed E-state index contributed by atoms with van der Waals surface area (Å²) in [4.78, 5) is 13.0. The molecular formula is C16H13BrN2OS. The first kappa shape index (κ1) is 15.6. The van der Waals surface area contributed by atoms with Crippen molar-refractivity contribution in [1.82, 2.24) is 0 Å². The van der Waals surface area contributed by atoms with Gasteiger partial charge in [-0.3, -0.25) is 4.79 Å². The highest BCUT2D eigenvalue weighted by Crippen LogP contribution is 2.21. The van der Waals surface area contributed by atoms with Crippen molar-refractivity contribution in [3.8, 4) is 6.07 Å². The number of carbonyl (C=O) groups excluding carboxylic acids is 1. The van der Waals surface area contributed by atoms with Crippen molar-refractivity contribution in [2.45, 2.75) is 11.3 Å². The van der Waals surface area contributed by atoms with Gasteiger partial charge in [-0.15, -0.1) is 11.8 Å². The Kier molecular flexibility index (Phi) is 5.85. The van der Waals surface area contributed by atoms with Gasteiger partial charge in [0, 0.05) is 27.2 Å². The van der Waals surface area contributed by atoms with Crippen LogP contribution in [-0.4, -0.2) is 11.7 Å². The van der Waals surface area contributed by atoms with Crippen molar-refractivity contribution < 1.29 is 4.79 Å². The number of nitriles is 1. The molecule has 21 heavy (non-hydrogen) atoms. The zero-order valence-corrected chi connectivity index (χ0v) is 13.6. The molecule has 2 aromatic rings. The largest absolute Gasteiger partial charge is 0.326 e. The standard InChI is InChI=1S/C16H13BrN2OS/c17-13-3-7-15(8-4-13)21-10-9-16(20)19-14-5-1-12(11-18)2-6-14/h1-8H,9-10H2,(H,19,20). The number of hydrogen-bond donors (Lipinski definition) is 1. The molecule has 1 amide bonds. The third-order valence-electron chi connectivity index (χ3n) is 2.71. The summed E-state index contributed by atoms with van der Waals surface area (Å²) in [7, 11) is 0. The van der Waals surface area contributed by atoms with Gasteiger partial charge in [-0.25, -0.2) is 0 Å². The number of halogens is 1. The fourth-order valence-electron chi connectivity index (χ4n) is 1.64. The molecule has 0 bridgehead atoms. The van der Waals surface area contributed by atoms with Crippen molar-refractivity contribution >= 4 is 39.3 Å². The first-order valence-electron chi connectivity index (χ1n) is 6.36. The number of nitrogens with one attached hydrogen (secondary N) is 1. The zero-order chi connectivity index (χ0) is 15.1. The Morgan fingerprint density at radius 2 is 1.81 bits per heavy atom. The molecule has 0 atom stereocenters. The van der Waals surface area contributed by atoms with Gasteiger partial charge in [-0.05, 0) is 48.5 Å². The summed E-state index contributed by atoms with van der Waals surface area (Å²) in [6, 6.07) is 16.9. The lowest BCUT2D eigenvalue weighted by molar-refractivity contribution is -0.115. The Morgan fingerprint density at radius 3 is 2.43 bits per heavy atom. The van der Waals surface area contributed by atoms with E-state index in [-0.39, 0.29) is 5.91 Å². The van der Waals surface area contributed by atoms with Gasteiger partial charge < -0.3 is 5.32 Å². The van der Waals surface area contributed by atoms with Crippen LogP contribution in [0.3, 0.4) is 0 Å². The van der Waals surface area contributed by atoms with Gasteiger partial charge in [0.2, 0.25) is 5.91 Å². The van der Waals surface area contributed by atoms with E-state index in [0.29, 0.717) is 17.7 Å². The highest BCUT2D eigenvalue weighted by atomic mass is 79.9. The second-order valence-electron chi connectivity index (χ2n) is 4.29. The monoisotopic (exact) mass is 360 g/mol. The molecule has 106 valence electrons. The minimum atomic E-state index is -0.0238. The average Bonchev–Trinajstić information content (AvgIpc) is 2.50. The van der Waals surface area contributed by atoms with E-state index < -0.39 is 0 Å². The topological polar surface area (TPSA) is 52.9 Å². The smallest absolute Gasteiger partial charge is 0.225 e. The van der Waals surface area contributed by atoms with Crippen LogP contribution in [-0.2, 0) is 4.79 Å². The van der Waals surface area contributed by atoms with E-state index >= 15 is 0 Å². The van der Waals surface area contributed by atoms with Crippen LogP contribution in [0.5, 0.6) is 0 Å². The number of thioether (sulfide) groups is 1. The lowest BCUT2D eigenvalue weighted by Gasteiger charge is -2.05. The van der Waals surface area contributed by atoms with Crippen LogP contribution in [0, 0.1) is 11.3 Å². The summed E-state index contributed by atoms with van der Waals surface area (Å²) < 4.78 is 1.05. The van der Waals surface area contributed by atoms with Crippen molar-refractivity contribution in [1.29, 1.82) is 5.26 Å². The molecule has 0 unspecified atom stereocenters. The van der Waals surface area contributed by atoms with Gasteiger partial charge in [0.15, 0.2) is 0 Å². The quantitative estimate of drug-likeness (QED) is 0.801. The maximum atomic E-state index is 11.8. The highest BCUT2D eigenvalue weighted by molar-refractivity contribution is 9.10. The van der Waals surface area contributed by atoms with E-state index in [1.807, 2.05) is 30.3 Å². The summed E-state index contributed by atoms with van der Waals surface area (Å²) >= 11 is 5.04. The van der Waals surface area contributed by atoms with E-state index in [0.717, 1.165) is 15.1 Å². The Bertz CT molecular complexity index is 647. The molecule has 0 fully saturated rings. The second-order valence-corrected chi connectivity index (χ2v) is 6.37. The van der Waals surface area contributed by atoms with Crippen LogP contribution < -0.4 is 5.32 Å². The van der Waals surface area contributed by atoms with E-state index in [2.05, 4.69) is 21.2 Å². The van der Waals surface area contributed by atoms with Crippen LogP contribution in [0.15, 0.2) is 57.9 Å². The minimum absolute atomic E-state index is 0.0238. The number of anilines is 1. The molecular weight excluding hydrogens is 348 g/mol. The van der Waals surface area contributed by atoms with Crippen LogP contribution in [0.4, 0.5) is 5.69 Å². The van der Waals surface area contributed by atoms with E-state index in [1.54, 1.807) is 36.0 Å². The minimum Gasteiger partial charge on any atom is -0.326 e. The SMILES string of the molecule is N#Cc1ccc(NC(=O)CCSc2ccc(Br)cc2)cc1. The maximum absolute atomic E-state index is 11.8. The molecule has 0 aliphatic rings. The first-order valence-corrected chi connectivity index (χ1v) is 8.13. The molecule has 5 heteroatoms. The van der Waals surface area contributed by atoms with Gasteiger partial charge >= 0.3 is 0 Å². The van der Waals surface area contributed by atoms with Gasteiger partial charge in [0.1, 0.15) is 0 Å². The normalized spacial score (nSPS) is 9.90. The summed E-state index contributed by atoms with van der Waals surface area (Å²) in [5.74, 6) is 0.702. The van der Waals surface area contributed by atoms with Crippen LogP contribution in [0.25, 0.3) is 0 Å². The number of amides is 1. The van der Waals surface area contributed by atoms with Gasteiger partial charge in [0.25, 0.3) is 0 Å². The van der Waals surface area contributed by atoms with Crippen LogP contribution in [0.1, 0.15) is 12.0 Å². The van der Waals surface area contributed by atoms with Crippen LogP contribution >= 0.6 is 27.7 Å². The third kappa shape index (κ3) is 5.25. The number of carbonyl (C=O) groups is 1. The summed E-state index contributed by atoms with van der Waals surface area (Å²) in [6.07, 6.45) is 0.445. The molecule has 0 aromatic heterocycles. The third-order valence-corrected chi connectivity index (χ3v) is 4.25. The Hall–Kier alpha value is -1.77. The summed E-state index contributed by atoms with van der Waals surface area (Å²) in [5.41, 5.74) is 1.30. The highest BCUT2D eigenvalue weighted by Gasteiger charge is 2.03. The molecule has 0 saturated carbocycles. The number of hydrogen-bond acceptors (Lipinski definition) is 3. The Balaban J connectivity index is 1.76. The molecule has 0 spiro atoms. The second kappa shape index (κ2) is 7.87. The van der Waals surface area contributed by atoms with Gasteiger partial charge in [-0.1, -0.05) is 15.9 Å². The van der Waals surface area contributed by atoms with Gasteiger partial charge in [0.05, 0.1) is 11.6 Å². The number of nitrogens with zero attached hydrogens (tertiary/aromatic N) is 1. The molecule has 3 nitrogen and oxygen atoms in total. The molecule has 0 saturated heterocycles. The molecule has 2 rings (SSSR count). The predicted octanol–water partition coefficient (Wildman–Crippen LogP) is 4.44. The van der Waals surface area contributed by atoms with Crippen molar-refractivity contribution in [3.05, 3.63) is 58.6 Å². The molecule has 1 N–H and O–H groups in total. The van der Waals surface area contributed by atoms with Crippen molar-refractivity contribution in [2.24, 2.45) is 0 Å². The number of rotatable bonds is 5. The van der Waals surface area contributed by atoms with E-state index in [1.165, 1.54) is 0 Å². The molecule has 0 aliphatic carbocycles. The molecule has 2 aromatic carbocycles. The fourth-order valence-corrected chi connectivity index (χ4v) is 2.76. The Morgan fingerprint density at radius 1 is 1.14 bits per heavy atom. The van der Waals surface area contributed by atoms with Crippen LogP contribution in [0.2, 0.25) is 0 Å².